The van der Waals surface area contributed by atoms with Crippen LogP contribution in [0.2, 0.25) is 0 Å². The molecule has 0 aromatic heterocycles. The summed E-state index contributed by atoms with van der Waals surface area (Å²) in [6.45, 7) is 0.0464. The van der Waals surface area contributed by atoms with E-state index in [0.29, 0.717) is 19.3 Å². The van der Waals surface area contributed by atoms with Gasteiger partial charge in [0.15, 0.2) is 0 Å². The number of carbonyl (C=O) groups is 1. The fourth-order valence-electron chi connectivity index (χ4n) is 2.78. The third-order valence-electron chi connectivity index (χ3n) is 3.85. The van der Waals surface area contributed by atoms with Crippen LogP contribution in [0, 0.1) is 5.41 Å². The molecule has 0 spiro atoms. The number of carbonyl (C=O) groups excluding carboxylic acids is 1. The van der Waals surface area contributed by atoms with Crippen molar-refractivity contribution in [2.24, 2.45) is 5.41 Å². The maximum absolute atomic E-state index is 12.0. The third kappa shape index (κ3) is 3.56. The number of hydrogen-bond acceptors (Lipinski definition) is 4. The molecule has 104 valence electrons. The molecule has 1 rings (SSSR count). The average molecular weight is 256 g/mol. The summed E-state index contributed by atoms with van der Waals surface area (Å²) in [6.07, 6.45) is 8.64. The molecule has 0 saturated heterocycles. The van der Waals surface area contributed by atoms with Gasteiger partial charge in [-0.05, 0) is 32.1 Å². The third-order valence-corrected chi connectivity index (χ3v) is 3.85. The van der Waals surface area contributed by atoms with Gasteiger partial charge in [-0.15, -0.1) is 0 Å². The zero-order valence-corrected chi connectivity index (χ0v) is 11.1. The number of hydrogen-bond donors (Lipinski definition) is 2. The summed E-state index contributed by atoms with van der Waals surface area (Å²) in [5.41, 5.74) is -0.708. The van der Waals surface area contributed by atoms with Crippen LogP contribution in [0.3, 0.4) is 0 Å². The molecule has 1 saturated carbocycles. The molecular weight excluding hydrogens is 232 g/mol. The quantitative estimate of drug-likeness (QED) is 0.432. The smallest absolute Gasteiger partial charge is 0.314 e. The van der Waals surface area contributed by atoms with E-state index in [1.807, 2.05) is 6.08 Å². The van der Waals surface area contributed by atoms with Crippen LogP contribution in [0.4, 0.5) is 0 Å². The van der Waals surface area contributed by atoms with Gasteiger partial charge < -0.3 is 14.9 Å². The number of aliphatic hydroxyl groups excluding tert-OH is 2. The predicted molar refractivity (Wildman–Crippen MR) is 69.0 cm³/mol. The molecular formula is C14H24O4. The first kappa shape index (κ1) is 15.2. The molecule has 1 fully saturated rings. The number of unbranched alkanes of at least 4 members (excludes halogenated alkanes) is 1. The Hall–Kier alpha value is -0.870. The van der Waals surface area contributed by atoms with E-state index in [2.05, 4.69) is 0 Å². The first-order valence-corrected chi connectivity index (χ1v) is 6.69. The normalized spacial score (nSPS) is 28.5. The molecule has 0 radical (unpaired) electrons. The lowest BCUT2D eigenvalue weighted by Gasteiger charge is -2.38. The highest BCUT2D eigenvalue weighted by Gasteiger charge is 2.46. The molecule has 1 aliphatic rings. The van der Waals surface area contributed by atoms with Crippen LogP contribution < -0.4 is 0 Å². The fraction of sp³-hybridized carbons (Fsp3) is 0.786. The first-order chi connectivity index (χ1) is 8.67. The maximum Gasteiger partial charge on any atom is 0.314 e. The molecule has 0 amide bonds. The van der Waals surface area contributed by atoms with E-state index in [0.717, 1.165) is 25.7 Å². The zero-order chi connectivity index (χ0) is 13.4. The Morgan fingerprint density at radius 3 is 2.83 bits per heavy atom. The summed E-state index contributed by atoms with van der Waals surface area (Å²) in [6, 6.07) is 0. The Morgan fingerprint density at radius 2 is 2.22 bits per heavy atom. The minimum absolute atomic E-state index is 0.0464. The van der Waals surface area contributed by atoms with Gasteiger partial charge in [0.1, 0.15) is 0 Å². The highest BCUT2D eigenvalue weighted by atomic mass is 16.5. The van der Waals surface area contributed by atoms with Gasteiger partial charge in [0.2, 0.25) is 0 Å². The number of allylic oxidation sites excluding steroid dienone is 1. The summed E-state index contributed by atoms with van der Waals surface area (Å²) in [5.74, 6) is -0.277. The maximum atomic E-state index is 12.0. The van der Waals surface area contributed by atoms with Crippen molar-refractivity contribution in [1.29, 1.82) is 0 Å². The van der Waals surface area contributed by atoms with E-state index in [9.17, 15) is 9.90 Å². The monoisotopic (exact) mass is 256 g/mol. The standard InChI is InChI=1S/C14H24O4/c1-18-13(17)14(9-5-2-3-7-11-15)10-6-4-8-12(14)16/h3,7,12,15-16H,2,4-6,8-11H2,1H3/b7-3+/t12-,14-/m1/s1. The highest BCUT2D eigenvalue weighted by Crippen LogP contribution is 2.41. The van der Waals surface area contributed by atoms with E-state index in [4.69, 9.17) is 9.84 Å². The molecule has 0 aromatic rings. The molecule has 18 heavy (non-hydrogen) atoms. The largest absolute Gasteiger partial charge is 0.469 e. The average Bonchev–Trinajstić information content (AvgIpc) is 2.39. The second kappa shape index (κ2) is 7.54. The Kier molecular flexibility index (Phi) is 6.36. The summed E-state index contributed by atoms with van der Waals surface area (Å²) in [4.78, 5) is 12.0. The molecule has 4 nitrogen and oxygen atoms in total. The van der Waals surface area contributed by atoms with Crippen molar-refractivity contribution < 1.29 is 19.7 Å². The minimum atomic E-state index is -0.708. The topological polar surface area (TPSA) is 66.8 Å². The van der Waals surface area contributed by atoms with Crippen LogP contribution in [0.15, 0.2) is 12.2 Å². The lowest BCUT2D eigenvalue weighted by molar-refractivity contribution is -0.165. The number of methoxy groups -OCH3 is 1. The van der Waals surface area contributed by atoms with Crippen molar-refractivity contribution in [3.63, 3.8) is 0 Å². The van der Waals surface area contributed by atoms with Gasteiger partial charge >= 0.3 is 5.97 Å². The summed E-state index contributed by atoms with van der Waals surface area (Å²) in [5, 5.41) is 18.8. The second-order valence-corrected chi connectivity index (χ2v) is 4.96. The molecule has 0 unspecified atom stereocenters. The van der Waals surface area contributed by atoms with Gasteiger partial charge in [-0.1, -0.05) is 25.0 Å². The summed E-state index contributed by atoms with van der Waals surface area (Å²) in [7, 11) is 1.39. The molecule has 4 heteroatoms. The van der Waals surface area contributed by atoms with Crippen LogP contribution in [-0.2, 0) is 9.53 Å². The van der Waals surface area contributed by atoms with Crippen LogP contribution >= 0.6 is 0 Å². The van der Waals surface area contributed by atoms with E-state index >= 15 is 0 Å². The van der Waals surface area contributed by atoms with Crippen LogP contribution in [0.25, 0.3) is 0 Å². The van der Waals surface area contributed by atoms with E-state index in [1.165, 1.54) is 7.11 Å². The number of aliphatic hydroxyl groups is 2. The first-order valence-electron chi connectivity index (χ1n) is 6.69. The molecule has 0 bridgehead atoms. The molecule has 0 aliphatic heterocycles. The number of ether oxygens (including phenoxy) is 1. The second-order valence-electron chi connectivity index (χ2n) is 4.96. The molecule has 0 heterocycles. The zero-order valence-electron chi connectivity index (χ0n) is 11.1. The van der Waals surface area contributed by atoms with E-state index < -0.39 is 11.5 Å². The Bertz CT molecular complexity index is 288. The summed E-state index contributed by atoms with van der Waals surface area (Å²) < 4.78 is 4.88. The van der Waals surface area contributed by atoms with Crippen LogP contribution in [0.1, 0.15) is 44.9 Å². The van der Waals surface area contributed by atoms with Gasteiger partial charge in [0.05, 0.1) is 25.2 Å². The van der Waals surface area contributed by atoms with Crippen molar-refractivity contribution in [2.75, 3.05) is 13.7 Å². The van der Waals surface area contributed by atoms with Gasteiger partial charge in [-0.2, -0.15) is 0 Å². The Labute approximate surface area is 109 Å². The molecule has 2 N–H and O–H groups in total. The fourth-order valence-corrected chi connectivity index (χ4v) is 2.78. The predicted octanol–water partition coefficient (Wildman–Crippen LogP) is 1.80. The van der Waals surface area contributed by atoms with Crippen molar-refractivity contribution in [3.8, 4) is 0 Å². The van der Waals surface area contributed by atoms with Crippen molar-refractivity contribution >= 4 is 5.97 Å². The highest BCUT2D eigenvalue weighted by molar-refractivity contribution is 5.77. The van der Waals surface area contributed by atoms with Crippen LogP contribution in [0.5, 0.6) is 0 Å². The molecule has 1 aliphatic carbocycles. The molecule has 0 aromatic carbocycles. The van der Waals surface area contributed by atoms with Crippen molar-refractivity contribution in [2.45, 2.75) is 51.0 Å². The van der Waals surface area contributed by atoms with Crippen molar-refractivity contribution in [1.82, 2.24) is 0 Å². The van der Waals surface area contributed by atoms with Crippen LogP contribution in [-0.4, -0.2) is 36.0 Å². The lowest BCUT2D eigenvalue weighted by atomic mass is 9.69. The minimum Gasteiger partial charge on any atom is -0.469 e. The Morgan fingerprint density at radius 1 is 1.44 bits per heavy atom. The van der Waals surface area contributed by atoms with Gasteiger partial charge in [-0.25, -0.2) is 0 Å². The van der Waals surface area contributed by atoms with Gasteiger partial charge in [0, 0.05) is 0 Å². The van der Waals surface area contributed by atoms with Gasteiger partial charge in [0.25, 0.3) is 0 Å². The van der Waals surface area contributed by atoms with Gasteiger partial charge in [-0.3, -0.25) is 4.79 Å². The number of rotatable bonds is 6. The summed E-state index contributed by atoms with van der Waals surface area (Å²) >= 11 is 0. The van der Waals surface area contributed by atoms with Crippen molar-refractivity contribution in [3.05, 3.63) is 12.2 Å². The lowest BCUT2D eigenvalue weighted by Crippen LogP contribution is -2.45. The molecule has 2 atom stereocenters. The SMILES string of the molecule is COC(=O)[C@]1(CCC/C=C/CO)CCCC[C@H]1O. The number of esters is 1. The van der Waals surface area contributed by atoms with E-state index in [1.54, 1.807) is 6.08 Å². The Balaban J connectivity index is 2.60. The van der Waals surface area contributed by atoms with E-state index in [-0.39, 0.29) is 12.6 Å².